The van der Waals surface area contributed by atoms with Crippen LogP contribution in [0.25, 0.3) is 0 Å². The molecule has 0 unspecified atom stereocenters. The fraction of sp³-hybridized carbons (Fsp3) is 0.786. The number of nitrogens with zero attached hydrogens (tertiary/aromatic N) is 2. The van der Waals surface area contributed by atoms with Crippen LogP contribution in [0.4, 0.5) is 8.78 Å². The number of hydrogen-bond acceptors (Lipinski definition) is 4. The second-order valence-electron chi connectivity index (χ2n) is 6.43. The molecule has 0 aliphatic carbocycles. The van der Waals surface area contributed by atoms with E-state index < -0.39 is 41.5 Å². The van der Waals surface area contributed by atoms with Crippen molar-refractivity contribution in [1.29, 1.82) is 0 Å². The lowest BCUT2D eigenvalue weighted by Crippen LogP contribution is -2.64. The zero-order valence-corrected chi connectivity index (χ0v) is 13.0. The Labute approximate surface area is 132 Å². The Bertz CT molecular complexity index is 514. The normalized spacial score (nSPS) is 28.5. The molecule has 2 aliphatic rings. The molecule has 2 rings (SSSR count). The Morgan fingerprint density at radius 2 is 1.57 bits per heavy atom. The van der Waals surface area contributed by atoms with Gasteiger partial charge in [0.05, 0.1) is 13.1 Å². The van der Waals surface area contributed by atoms with Gasteiger partial charge in [0.2, 0.25) is 17.7 Å². The van der Waals surface area contributed by atoms with Crippen molar-refractivity contribution < 1.29 is 23.2 Å². The summed E-state index contributed by atoms with van der Waals surface area (Å²) < 4.78 is 26.6. The third-order valence-corrected chi connectivity index (χ3v) is 4.45. The summed E-state index contributed by atoms with van der Waals surface area (Å²) in [7, 11) is 0. The Kier molecular flexibility index (Phi) is 4.88. The lowest BCUT2D eigenvalue weighted by Gasteiger charge is -2.35. The highest BCUT2D eigenvalue weighted by Gasteiger charge is 2.50. The van der Waals surface area contributed by atoms with Crippen LogP contribution >= 0.6 is 0 Å². The maximum Gasteiger partial charge on any atom is 0.243 e. The van der Waals surface area contributed by atoms with Crippen molar-refractivity contribution in [3.05, 3.63) is 0 Å². The minimum Gasteiger partial charge on any atom is -0.369 e. The third kappa shape index (κ3) is 3.44. The van der Waals surface area contributed by atoms with E-state index in [-0.39, 0.29) is 39.0 Å². The number of alkyl halides is 2. The summed E-state index contributed by atoms with van der Waals surface area (Å²) in [5.41, 5.74) is 9.36. The zero-order valence-electron chi connectivity index (χ0n) is 13.0. The van der Waals surface area contributed by atoms with Gasteiger partial charge in [0, 0.05) is 13.1 Å². The molecule has 3 amide bonds. The van der Waals surface area contributed by atoms with Gasteiger partial charge in [0.25, 0.3) is 0 Å². The molecule has 0 saturated carbocycles. The minimum absolute atomic E-state index is 0.123. The maximum absolute atomic E-state index is 13.3. The fourth-order valence-electron chi connectivity index (χ4n) is 3.14. The summed E-state index contributed by atoms with van der Waals surface area (Å²) in [6.07, 6.45) is -1.96. The van der Waals surface area contributed by atoms with Gasteiger partial charge in [0.15, 0.2) is 0 Å². The Morgan fingerprint density at radius 1 is 1.09 bits per heavy atom. The van der Waals surface area contributed by atoms with Crippen molar-refractivity contribution in [3.63, 3.8) is 0 Å². The van der Waals surface area contributed by atoms with Gasteiger partial charge < -0.3 is 21.3 Å². The van der Waals surface area contributed by atoms with E-state index in [2.05, 4.69) is 0 Å². The Hall–Kier alpha value is -1.77. The van der Waals surface area contributed by atoms with Gasteiger partial charge in [-0.2, -0.15) is 0 Å². The van der Waals surface area contributed by atoms with Crippen LogP contribution in [0.5, 0.6) is 0 Å². The molecule has 0 aromatic heterocycles. The lowest BCUT2D eigenvalue weighted by atomic mass is 9.83. The molecule has 2 heterocycles. The first-order valence-electron chi connectivity index (χ1n) is 7.59. The van der Waals surface area contributed by atoms with E-state index in [0.29, 0.717) is 0 Å². The number of carbonyl (C=O) groups excluding carboxylic acids is 3. The molecule has 0 radical (unpaired) electrons. The molecule has 2 fully saturated rings. The Balaban J connectivity index is 2.19. The molecule has 9 heteroatoms. The van der Waals surface area contributed by atoms with Crippen LogP contribution in [0, 0.1) is 5.92 Å². The number of hydrogen-bond donors (Lipinski definition) is 2. The van der Waals surface area contributed by atoms with Gasteiger partial charge in [-0.1, -0.05) is 0 Å². The highest BCUT2D eigenvalue weighted by molar-refractivity contribution is 6.07. The van der Waals surface area contributed by atoms with E-state index in [4.69, 9.17) is 11.5 Å². The number of nitrogens with two attached hydrogens (primary N) is 2. The smallest absolute Gasteiger partial charge is 0.243 e. The van der Waals surface area contributed by atoms with Crippen molar-refractivity contribution in [2.75, 3.05) is 26.2 Å². The average Bonchev–Trinajstić information content (AvgIpc) is 3.05. The third-order valence-electron chi connectivity index (χ3n) is 4.45. The number of primary amides is 1. The summed E-state index contributed by atoms with van der Waals surface area (Å²) >= 11 is 0. The standard InChI is InChI=1S/C14H22F2N4O3/c1-14(18,13(23)20-5-3-9(16)7-20)10(11(17)21)12(22)19-4-2-8(15)6-19/h8-10H,2-7,18H2,1H3,(H2,17,21)/t8-,9-,10+,14+/m0/s1. The average molecular weight is 332 g/mol. The SMILES string of the molecule is C[C@](N)(C(=O)N1CC[C@H](F)C1)[C@H](C(N)=O)C(=O)N1CC[C@H](F)C1. The second-order valence-corrected chi connectivity index (χ2v) is 6.43. The molecular weight excluding hydrogens is 310 g/mol. The topological polar surface area (TPSA) is 110 Å². The molecule has 23 heavy (non-hydrogen) atoms. The van der Waals surface area contributed by atoms with Crippen LogP contribution in [0.15, 0.2) is 0 Å². The molecule has 4 N–H and O–H groups in total. The first-order valence-corrected chi connectivity index (χ1v) is 7.59. The summed E-state index contributed by atoms with van der Waals surface area (Å²) in [4.78, 5) is 39.1. The van der Waals surface area contributed by atoms with Crippen LogP contribution in [0.3, 0.4) is 0 Å². The number of halogens is 2. The van der Waals surface area contributed by atoms with Crippen molar-refractivity contribution in [3.8, 4) is 0 Å². The fourth-order valence-corrected chi connectivity index (χ4v) is 3.14. The molecule has 0 bridgehead atoms. The first-order chi connectivity index (χ1) is 10.6. The molecule has 2 saturated heterocycles. The zero-order chi connectivity index (χ0) is 17.4. The Morgan fingerprint density at radius 3 is 1.96 bits per heavy atom. The van der Waals surface area contributed by atoms with E-state index in [1.165, 1.54) is 11.8 Å². The molecular formula is C14H22F2N4O3. The van der Waals surface area contributed by atoms with E-state index in [9.17, 15) is 23.2 Å². The number of amides is 3. The van der Waals surface area contributed by atoms with Crippen LogP contribution < -0.4 is 11.5 Å². The molecule has 2 aliphatic heterocycles. The summed E-state index contributed by atoms with van der Waals surface area (Å²) in [5, 5.41) is 0. The highest BCUT2D eigenvalue weighted by Crippen LogP contribution is 2.25. The highest BCUT2D eigenvalue weighted by atomic mass is 19.1. The number of rotatable bonds is 4. The second kappa shape index (κ2) is 6.38. The van der Waals surface area contributed by atoms with Gasteiger partial charge in [-0.15, -0.1) is 0 Å². The molecule has 4 atom stereocenters. The van der Waals surface area contributed by atoms with Crippen molar-refractivity contribution in [1.82, 2.24) is 9.80 Å². The van der Waals surface area contributed by atoms with E-state index in [0.717, 1.165) is 4.90 Å². The van der Waals surface area contributed by atoms with Gasteiger partial charge in [-0.25, -0.2) is 8.78 Å². The largest absolute Gasteiger partial charge is 0.369 e. The first kappa shape index (κ1) is 17.6. The van der Waals surface area contributed by atoms with Crippen LogP contribution in [0.1, 0.15) is 19.8 Å². The van der Waals surface area contributed by atoms with Crippen molar-refractivity contribution >= 4 is 17.7 Å². The summed E-state index contributed by atoms with van der Waals surface area (Å²) in [5.74, 6) is -4.12. The van der Waals surface area contributed by atoms with Crippen LogP contribution in [-0.4, -0.2) is 71.6 Å². The predicted octanol–water partition coefficient (Wildman–Crippen LogP) is -1.05. The van der Waals surface area contributed by atoms with Crippen molar-refractivity contribution in [2.45, 2.75) is 37.6 Å². The lowest BCUT2D eigenvalue weighted by molar-refractivity contribution is -0.151. The molecule has 0 aromatic rings. The van der Waals surface area contributed by atoms with Crippen molar-refractivity contribution in [2.24, 2.45) is 17.4 Å². The molecule has 130 valence electrons. The molecule has 0 spiro atoms. The van der Waals surface area contributed by atoms with E-state index in [1.54, 1.807) is 0 Å². The summed E-state index contributed by atoms with van der Waals surface area (Å²) in [6, 6.07) is 0. The van der Waals surface area contributed by atoms with Gasteiger partial charge >= 0.3 is 0 Å². The van der Waals surface area contributed by atoms with Gasteiger partial charge in [0.1, 0.15) is 23.8 Å². The van der Waals surface area contributed by atoms with Gasteiger partial charge in [-0.05, 0) is 19.8 Å². The van der Waals surface area contributed by atoms with Crippen LogP contribution in [0.2, 0.25) is 0 Å². The van der Waals surface area contributed by atoms with E-state index in [1.807, 2.05) is 0 Å². The summed E-state index contributed by atoms with van der Waals surface area (Å²) in [6.45, 7) is 1.27. The van der Waals surface area contributed by atoms with E-state index >= 15 is 0 Å². The number of carbonyl (C=O) groups is 3. The molecule has 0 aromatic carbocycles. The van der Waals surface area contributed by atoms with Gasteiger partial charge in [-0.3, -0.25) is 14.4 Å². The molecule has 7 nitrogen and oxygen atoms in total. The monoisotopic (exact) mass is 332 g/mol. The van der Waals surface area contributed by atoms with Crippen LogP contribution in [-0.2, 0) is 14.4 Å². The quantitative estimate of drug-likeness (QED) is 0.640. The maximum atomic E-state index is 13.3. The minimum atomic E-state index is -1.90. The predicted molar refractivity (Wildman–Crippen MR) is 77.5 cm³/mol. The number of likely N-dealkylation sites (tertiary alicyclic amines) is 2.